The number of fused-ring (bicyclic) bond motifs is 2. The van der Waals surface area contributed by atoms with Crippen molar-refractivity contribution in [2.24, 2.45) is 5.92 Å². The number of nitrogens with one attached hydrogen (secondary N) is 2. The van der Waals surface area contributed by atoms with E-state index in [1.54, 1.807) is 60.8 Å². The molecule has 10 rings (SSSR count). The van der Waals surface area contributed by atoms with Crippen LogP contribution in [0.4, 0.5) is 22.0 Å². The summed E-state index contributed by atoms with van der Waals surface area (Å²) < 4.78 is 41.3. The quantitative estimate of drug-likeness (QED) is 0.0497. The second-order valence-corrected chi connectivity index (χ2v) is 22.7. The number of anilines is 3. The average Bonchev–Trinajstić information content (AvgIpc) is 4.13. The summed E-state index contributed by atoms with van der Waals surface area (Å²) in [6.07, 6.45) is 4.97. The number of pyridine rings is 1. The molecule has 2 aromatic carbocycles. The zero-order valence-electron chi connectivity index (χ0n) is 44.6. The van der Waals surface area contributed by atoms with E-state index in [9.17, 15) is 38.9 Å². The molecular formula is C55H66N11O13P. The van der Waals surface area contributed by atoms with Crippen molar-refractivity contribution in [1.82, 2.24) is 35.5 Å². The highest BCUT2D eigenvalue weighted by molar-refractivity contribution is 7.46. The maximum atomic E-state index is 14.1. The number of nitrogens with zero attached hydrogens (tertiary/aromatic N) is 9. The summed E-state index contributed by atoms with van der Waals surface area (Å²) in [5.74, 6) is -0.597. The smallest absolute Gasteiger partial charge is 0.474 e. The summed E-state index contributed by atoms with van der Waals surface area (Å²) in [5, 5.41) is 47.3. The second-order valence-electron chi connectivity index (χ2n) is 21.5. The first-order chi connectivity index (χ1) is 38.4. The van der Waals surface area contributed by atoms with Crippen LogP contribution in [0.15, 0.2) is 83.5 Å². The number of phosphoric acid groups is 1. The SMILES string of the molecule is CC(C)C(C(=O)N1C[C@H](O)C[C@H]1C(=O)N[C@@H](C)c1ccc(C#N)cc1)c1cc(OCCN2CCC(OC3CC(Oc4cc(N5C6CCC5CN(c5cc(-c7ccccc7OP(=O)(O)O)nnc5NC(=O)O)C6)ccn4)C3)CC2)no1. The van der Waals surface area contributed by atoms with Crippen molar-refractivity contribution in [3.05, 3.63) is 95.9 Å². The predicted molar refractivity (Wildman–Crippen MR) is 289 cm³/mol. The van der Waals surface area contributed by atoms with E-state index in [0.29, 0.717) is 49.1 Å². The fourth-order valence-electron chi connectivity index (χ4n) is 11.6. The molecule has 2 bridgehead atoms. The second kappa shape index (κ2) is 24.1. The van der Waals surface area contributed by atoms with Crippen LogP contribution in [0.1, 0.15) is 94.6 Å². The number of hydrogen-bond acceptors (Lipinski definition) is 18. The lowest BCUT2D eigenvalue weighted by Gasteiger charge is -2.44. The third kappa shape index (κ3) is 13.1. The maximum absolute atomic E-state index is 14.1. The zero-order valence-corrected chi connectivity index (χ0v) is 45.5. The number of amides is 3. The van der Waals surface area contributed by atoms with E-state index in [0.717, 1.165) is 62.9 Å². The lowest BCUT2D eigenvalue weighted by Crippen LogP contribution is -2.54. The Hall–Kier alpha value is -7.39. The Balaban J connectivity index is 0.659. The van der Waals surface area contributed by atoms with E-state index in [1.165, 1.54) is 11.0 Å². The number of para-hydroxylation sites is 1. The number of carbonyl (C=O) groups excluding carboxylic acids is 2. The van der Waals surface area contributed by atoms with Crippen LogP contribution in [0.25, 0.3) is 11.3 Å². The number of piperazine rings is 1. The number of carboxylic acid groups (broad SMARTS) is 1. The van der Waals surface area contributed by atoms with Gasteiger partial charge in [-0.1, -0.05) is 38.1 Å². The van der Waals surface area contributed by atoms with Gasteiger partial charge in [0, 0.05) is 100 Å². The maximum Gasteiger partial charge on any atom is 0.524 e. The summed E-state index contributed by atoms with van der Waals surface area (Å²) in [6.45, 7) is 9.43. The normalized spacial score (nSPS) is 23.0. The van der Waals surface area contributed by atoms with E-state index in [-0.39, 0.29) is 95.8 Å². The molecule has 5 aromatic rings. The number of nitriles is 1. The molecule has 4 aliphatic heterocycles. The zero-order chi connectivity index (χ0) is 56.2. The molecule has 3 amide bonds. The van der Waals surface area contributed by atoms with Crippen LogP contribution < -0.4 is 34.4 Å². The highest BCUT2D eigenvalue weighted by Crippen LogP contribution is 2.44. The lowest BCUT2D eigenvalue weighted by atomic mass is 9.91. The minimum atomic E-state index is -4.89. The third-order valence-electron chi connectivity index (χ3n) is 15.6. The van der Waals surface area contributed by atoms with Crippen molar-refractivity contribution in [2.75, 3.05) is 61.0 Å². The summed E-state index contributed by atoms with van der Waals surface area (Å²) in [4.78, 5) is 71.3. The predicted octanol–water partition coefficient (Wildman–Crippen LogP) is 5.87. The standard InChI is InChI=1S/C55H66N11O13P/c1-32(2)51(54(69)65-31-39(67)23-46(65)53(68)58-33(3)35-10-8-34(28-56)9-11-35)48-27-50(62-78-48)75-21-20-63-18-15-40(16-19-63)76-41-24-42(25-41)77-49-22-36(14-17-57-49)66-37-12-13-38(66)30-64(29-37)45-26-44(60-61-52(45)59-55(70)71)43-6-4-5-7-47(43)79-80(72,73)74/h4-11,14,17,22,26-27,32-33,37-42,46,51,67H,12-13,15-16,18-21,23-25,29-31H2,1-3H3,(H,58,68)(H,59,61)(H,70,71)(H2,72,73,74)/t33-,37?,38?,39+,41?,42?,46-,51?/m0/s1. The molecule has 25 heteroatoms. The van der Waals surface area contributed by atoms with Crippen molar-refractivity contribution in [1.29, 1.82) is 5.26 Å². The van der Waals surface area contributed by atoms with Crippen molar-refractivity contribution in [2.45, 2.75) is 120 Å². The molecule has 3 unspecified atom stereocenters. The number of piperidine rings is 1. The Morgan fingerprint density at radius 2 is 1.62 bits per heavy atom. The Morgan fingerprint density at radius 3 is 2.33 bits per heavy atom. The molecule has 424 valence electrons. The van der Waals surface area contributed by atoms with E-state index >= 15 is 0 Å². The number of aromatic nitrogens is 4. The number of benzene rings is 2. The number of ether oxygens (including phenoxy) is 3. The van der Waals surface area contributed by atoms with Gasteiger partial charge in [-0.15, -0.1) is 10.2 Å². The van der Waals surface area contributed by atoms with E-state index < -0.39 is 32.0 Å². The first-order valence-corrected chi connectivity index (χ1v) is 28.6. The monoisotopic (exact) mass is 1120 g/mol. The molecule has 6 N–H and O–H groups in total. The number of aliphatic hydroxyl groups excluding tert-OH is 1. The van der Waals surface area contributed by atoms with Crippen LogP contribution in [0.3, 0.4) is 0 Å². The number of aliphatic hydroxyl groups is 1. The number of carbonyl (C=O) groups is 3. The molecular weight excluding hydrogens is 1050 g/mol. The number of phosphoric ester groups is 1. The highest BCUT2D eigenvalue weighted by atomic mass is 31.2. The van der Waals surface area contributed by atoms with Crippen LogP contribution in [-0.2, 0) is 18.9 Å². The van der Waals surface area contributed by atoms with Gasteiger partial charge in [0.15, 0.2) is 11.6 Å². The van der Waals surface area contributed by atoms with Crippen molar-refractivity contribution < 1.29 is 62.2 Å². The lowest BCUT2D eigenvalue weighted by molar-refractivity contribution is -0.141. The Morgan fingerprint density at radius 1 is 0.887 bits per heavy atom. The van der Waals surface area contributed by atoms with Gasteiger partial charge in [-0.25, -0.2) is 14.3 Å². The van der Waals surface area contributed by atoms with Gasteiger partial charge >= 0.3 is 13.9 Å². The molecule has 1 saturated carbocycles. The molecule has 80 heavy (non-hydrogen) atoms. The van der Waals surface area contributed by atoms with Crippen molar-refractivity contribution >= 4 is 42.9 Å². The molecule has 5 fully saturated rings. The third-order valence-corrected chi connectivity index (χ3v) is 16.1. The van der Waals surface area contributed by atoms with E-state index in [1.807, 2.05) is 32.9 Å². The molecule has 5 aliphatic rings. The fraction of sp³-hybridized carbons (Fsp3) is 0.491. The fourth-order valence-corrected chi connectivity index (χ4v) is 12.1. The number of likely N-dealkylation sites (tertiary alicyclic amines) is 2. The van der Waals surface area contributed by atoms with Gasteiger partial charge in [-0.3, -0.25) is 29.6 Å². The molecule has 0 radical (unpaired) electrons. The van der Waals surface area contributed by atoms with Gasteiger partial charge in [0.2, 0.25) is 17.7 Å². The van der Waals surface area contributed by atoms with Gasteiger partial charge in [0.1, 0.15) is 30.4 Å². The number of rotatable bonds is 20. The van der Waals surface area contributed by atoms with Gasteiger partial charge in [0.05, 0.1) is 47.4 Å². The molecule has 7 heterocycles. The van der Waals surface area contributed by atoms with Crippen molar-refractivity contribution in [3.63, 3.8) is 0 Å². The summed E-state index contributed by atoms with van der Waals surface area (Å²) in [5.41, 5.74) is 3.33. The van der Waals surface area contributed by atoms with Gasteiger partial charge < -0.3 is 53.5 Å². The summed E-state index contributed by atoms with van der Waals surface area (Å²) in [7, 11) is -4.89. The van der Waals surface area contributed by atoms with Crippen LogP contribution >= 0.6 is 7.82 Å². The first-order valence-electron chi connectivity index (χ1n) is 27.1. The topological polar surface area (TPSA) is 312 Å². The van der Waals surface area contributed by atoms with Crippen LogP contribution in [-0.4, -0.2) is 156 Å². The largest absolute Gasteiger partial charge is 0.524 e. The number of hydrogen-bond donors (Lipinski definition) is 6. The van der Waals surface area contributed by atoms with Crippen LogP contribution in [0.2, 0.25) is 0 Å². The molecule has 1 aliphatic carbocycles. The average molecular weight is 1120 g/mol. The van der Waals surface area contributed by atoms with Gasteiger partial charge in [-0.05, 0) is 85.6 Å². The van der Waals surface area contributed by atoms with Gasteiger partial charge in [0.25, 0.3) is 5.88 Å². The van der Waals surface area contributed by atoms with Crippen LogP contribution in [0, 0.1) is 17.2 Å². The summed E-state index contributed by atoms with van der Waals surface area (Å²) >= 11 is 0. The first kappa shape index (κ1) is 55.9. The minimum absolute atomic E-state index is 0.0147. The summed E-state index contributed by atoms with van der Waals surface area (Å²) in [6, 6.07) is 21.4. The molecule has 24 nitrogen and oxygen atoms in total. The molecule has 3 aromatic heterocycles. The van der Waals surface area contributed by atoms with Gasteiger partial charge in [-0.2, -0.15) is 5.26 Å². The van der Waals surface area contributed by atoms with E-state index in [2.05, 4.69) is 51.7 Å². The van der Waals surface area contributed by atoms with Crippen LogP contribution in [0.5, 0.6) is 17.5 Å². The Kier molecular flexibility index (Phi) is 16.9. The Labute approximate surface area is 462 Å². The molecule has 6 atom stereocenters. The van der Waals surface area contributed by atoms with Crippen molar-refractivity contribution in [3.8, 4) is 34.8 Å². The minimum Gasteiger partial charge on any atom is -0.474 e. The number of β-amino-alcohol motifs (C(OH)–C–C–N with tert-alkyl or cyclic N) is 1. The molecule has 0 spiro atoms. The van der Waals surface area contributed by atoms with E-state index in [4.69, 9.17) is 28.5 Å². The highest BCUT2D eigenvalue weighted by Gasteiger charge is 2.45. The Bertz CT molecular complexity index is 3090. The molecule has 4 saturated heterocycles.